The zero-order chi connectivity index (χ0) is 18.4. The molecule has 0 aliphatic heterocycles. The van der Waals surface area contributed by atoms with Crippen molar-refractivity contribution in [1.82, 2.24) is 9.47 Å². The number of hydrogen-bond donors (Lipinski definition) is 2. The molecule has 1 heterocycles. The molecular formula is C21H26N4O. The van der Waals surface area contributed by atoms with E-state index in [9.17, 15) is 0 Å². The minimum atomic E-state index is 0.621. The van der Waals surface area contributed by atoms with Crippen molar-refractivity contribution in [2.75, 3.05) is 38.2 Å². The van der Waals surface area contributed by atoms with Gasteiger partial charge in [0, 0.05) is 36.9 Å². The Bertz CT molecular complexity index is 813. The van der Waals surface area contributed by atoms with Crippen LogP contribution in [0.25, 0.3) is 5.69 Å². The number of rotatable bonds is 8. The van der Waals surface area contributed by atoms with Gasteiger partial charge in [0.05, 0.1) is 5.69 Å². The second kappa shape index (κ2) is 8.45. The summed E-state index contributed by atoms with van der Waals surface area (Å²) in [7, 11) is 2.11. The Balaban J connectivity index is 1.51. The molecule has 0 bridgehead atoms. The first-order chi connectivity index (χ1) is 12.6. The Labute approximate surface area is 154 Å². The van der Waals surface area contributed by atoms with Crippen molar-refractivity contribution in [2.45, 2.75) is 6.42 Å². The van der Waals surface area contributed by atoms with Crippen LogP contribution in [-0.4, -0.2) is 36.2 Å². The van der Waals surface area contributed by atoms with Crippen LogP contribution < -0.4 is 16.2 Å². The molecule has 0 unspecified atom stereocenters. The highest BCUT2D eigenvalue weighted by molar-refractivity contribution is 5.56. The summed E-state index contributed by atoms with van der Waals surface area (Å²) in [5.74, 6) is 0.835. The van der Waals surface area contributed by atoms with Crippen molar-refractivity contribution in [3.05, 3.63) is 72.6 Å². The summed E-state index contributed by atoms with van der Waals surface area (Å²) in [6.45, 7) is 2.44. The van der Waals surface area contributed by atoms with Crippen molar-refractivity contribution in [3.63, 3.8) is 0 Å². The lowest BCUT2D eigenvalue weighted by molar-refractivity contribution is 0.238. The molecule has 2 aromatic carbocycles. The second-order valence-electron chi connectivity index (χ2n) is 6.46. The first kappa shape index (κ1) is 17.9. The summed E-state index contributed by atoms with van der Waals surface area (Å²) in [6, 6.07) is 17.8. The number of nitrogens with zero attached hydrogens (tertiary/aromatic N) is 2. The molecule has 0 aliphatic rings. The number of anilines is 2. The average Bonchev–Trinajstić information content (AvgIpc) is 3.17. The maximum absolute atomic E-state index is 6.02. The maximum atomic E-state index is 6.02. The van der Waals surface area contributed by atoms with E-state index in [4.69, 9.17) is 16.2 Å². The number of ether oxygens (including phenoxy) is 1. The van der Waals surface area contributed by atoms with E-state index in [1.165, 1.54) is 5.56 Å². The van der Waals surface area contributed by atoms with Crippen LogP contribution in [0, 0.1) is 0 Å². The second-order valence-corrected chi connectivity index (χ2v) is 6.46. The third-order valence-corrected chi connectivity index (χ3v) is 4.36. The van der Waals surface area contributed by atoms with E-state index in [1.807, 2.05) is 59.4 Å². The quantitative estimate of drug-likeness (QED) is 0.612. The van der Waals surface area contributed by atoms with E-state index >= 15 is 0 Å². The summed E-state index contributed by atoms with van der Waals surface area (Å²) in [5, 5.41) is 0. The van der Waals surface area contributed by atoms with Crippen molar-refractivity contribution in [2.24, 2.45) is 0 Å². The predicted octanol–water partition coefficient (Wildman–Crippen LogP) is 3.20. The van der Waals surface area contributed by atoms with E-state index < -0.39 is 0 Å². The van der Waals surface area contributed by atoms with E-state index in [-0.39, 0.29) is 0 Å². The van der Waals surface area contributed by atoms with Crippen LogP contribution >= 0.6 is 0 Å². The van der Waals surface area contributed by atoms with Crippen LogP contribution in [0.5, 0.6) is 5.75 Å². The fourth-order valence-corrected chi connectivity index (χ4v) is 2.78. The Morgan fingerprint density at radius 3 is 2.35 bits per heavy atom. The van der Waals surface area contributed by atoms with E-state index in [1.54, 1.807) is 0 Å². The fraction of sp³-hybridized carbons (Fsp3) is 0.238. The van der Waals surface area contributed by atoms with Crippen LogP contribution in [0.2, 0.25) is 0 Å². The molecule has 0 saturated heterocycles. The Morgan fingerprint density at radius 1 is 0.923 bits per heavy atom. The van der Waals surface area contributed by atoms with Gasteiger partial charge in [-0.05, 0) is 61.5 Å². The minimum Gasteiger partial charge on any atom is -0.490 e. The smallest absolute Gasteiger partial charge is 0.143 e. The van der Waals surface area contributed by atoms with Crippen molar-refractivity contribution >= 4 is 11.4 Å². The third-order valence-electron chi connectivity index (χ3n) is 4.36. The maximum Gasteiger partial charge on any atom is 0.143 e. The number of nitrogens with two attached hydrogens (primary N) is 2. The van der Waals surface area contributed by atoms with Crippen LogP contribution in [-0.2, 0) is 6.42 Å². The minimum absolute atomic E-state index is 0.621. The topological polar surface area (TPSA) is 69.4 Å². The van der Waals surface area contributed by atoms with Gasteiger partial charge in [-0.25, -0.2) is 0 Å². The zero-order valence-electron chi connectivity index (χ0n) is 15.1. The number of likely N-dealkylation sites (N-methyl/N-ethyl adjacent to an activating group) is 1. The summed E-state index contributed by atoms with van der Waals surface area (Å²) in [4.78, 5) is 2.27. The van der Waals surface area contributed by atoms with Crippen LogP contribution in [0.4, 0.5) is 11.4 Å². The largest absolute Gasteiger partial charge is 0.490 e. The van der Waals surface area contributed by atoms with Gasteiger partial charge in [0.25, 0.3) is 0 Å². The third kappa shape index (κ3) is 4.80. The Kier molecular flexibility index (Phi) is 5.81. The van der Waals surface area contributed by atoms with Gasteiger partial charge >= 0.3 is 0 Å². The van der Waals surface area contributed by atoms with Crippen molar-refractivity contribution in [1.29, 1.82) is 0 Å². The molecule has 136 valence electrons. The van der Waals surface area contributed by atoms with E-state index in [0.29, 0.717) is 6.61 Å². The molecule has 0 atom stereocenters. The van der Waals surface area contributed by atoms with Gasteiger partial charge in [-0.1, -0.05) is 12.1 Å². The van der Waals surface area contributed by atoms with Gasteiger partial charge in [0.2, 0.25) is 0 Å². The molecule has 3 aromatic rings. The molecule has 5 nitrogen and oxygen atoms in total. The van der Waals surface area contributed by atoms with Gasteiger partial charge in [-0.15, -0.1) is 0 Å². The summed E-state index contributed by atoms with van der Waals surface area (Å²) in [5.41, 5.74) is 15.4. The fourth-order valence-electron chi connectivity index (χ4n) is 2.78. The predicted molar refractivity (Wildman–Crippen MR) is 108 cm³/mol. The molecule has 3 rings (SSSR count). The summed E-state index contributed by atoms with van der Waals surface area (Å²) < 4.78 is 8.03. The number of hydrogen-bond acceptors (Lipinski definition) is 4. The number of benzene rings is 2. The highest BCUT2D eigenvalue weighted by atomic mass is 16.5. The van der Waals surface area contributed by atoms with Gasteiger partial charge in [0.15, 0.2) is 0 Å². The number of aromatic nitrogens is 1. The Hall–Kier alpha value is -2.92. The summed E-state index contributed by atoms with van der Waals surface area (Å²) >= 11 is 0. The first-order valence-electron chi connectivity index (χ1n) is 8.80. The molecule has 26 heavy (non-hydrogen) atoms. The van der Waals surface area contributed by atoms with E-state index in [2.05, 4.69) is 24.1 Å². The summed E-state index contributed by atoms with van der Waals surface area (Å²) in [6.07, 6.45) is 4.97. The highest BCUT2D eigenvalue weighted by Gasteiger charge is 2.07. The van der Waals surface area contributed by atoms with Crippen molar-refractivity contribution < 1.29 is 4.74 Å². The lowest BCUT2D eigenvalue weighted by atomic mass is 10.1. The molecule has 0 fully saturated rings. The molecule has 4 N–H and O–H groups in total. The molecule has 0 spiro atoms. The molecular weight excluding hydrogens is 324 g/mol. The van der Waals surface area contributed by atoms with Gasteiger partial charge in [-0.2, -0.15) is 0 Å². The average molecular weight is 350 g/mol. The standard InChI is InChI=1S/C21H26N4O/c1-24(13-10-17-4-6-18(22)7-5-17)14-15-26-21-9-8-19(23)16-20(21)25-11-2-3-12-25/h2-9,11-12,16H,10,13-15,22-23H2,1H3. The molecule has 0 amide bonds. The monoisotopic (exact) mass is 350 g/mol. The molecule has 5 heteroatoms. The lowest BCUT2D eigenvalue weighted by Crippen LogP contribution is -2.26. The Morgan fingerprint density at radius 2 is 1.62 bits per heavy atom. The molecule has 0 saturated carbocycles. The van der Waals surface area contributed by atoms with Gasteiger partial charge in [-0.3, -0.25) is 0 Å². The molecule has 0 aliphatic carbocycles. The molecule has 1 aromatic heterocycles. The number of nitrogen functional groups attached to an aromatic ring is 2. The van der Waals surface area contributed by atoms with Crippen LogP contribution in [0.1, 0.15) is 5.56 Å². The highest BCUT2D eigenvalue weighted by Crippen LogP contribution is 2.25. The molecule has 0 radical (unpaired) electrons. The van der Waals surface area contributed by atoms with E-state index in [0.717, 1.165) is 42.3 Å². The van der Waals surface area contributed by atoms with Crippen molar-refractivity contribution in [3.8, 4) is 11.4 Å². The normalized spacial score (nSPS) is 11.0. The van der Waals surface area contributed by atoms with Gasteiger partial charge < -0.3 is 25.7 Å². The van der Waals surface area contributed by atoms with Crippen LogP contribution in [0.3, 0.4) is 0 Å². The van der Waals surface area contributed by atoms with Crippen LogP contribution in [0.15, 0.2) is 67.0 Å². The first-order valence-corrected chi connectivity index (χ1v) is 8.80. The van der Waals surface area contributed by atoms with Gasteiger partial charge in [0.1, 0.15) is 12.4 Å². The SMILES string of the molecule is CN(CCOc1ccc(N)cc1-n1cccc1)CCc1ccc(N)cc1. The lowest BCUT2D eigenvalue weighted by Gasteiger charge is -2.18. The zero-order valence-corrected chi connectivity index (χ0v) is 15.1.